The Balaban J connectivity index is 1.57. The number of likely N-dealkylation sites (tertiary alicyclic amines) is 1. The second-order valence-corrected chi connectivity index (χ2v) is 15.4. The number of unbranched alkanes of at least 4 members (excludes halogenated alkanes) is 1. The fourth-order valence-electron chi connectivity index (χ4n) is 5.50. The largest absolute Gasteiger partial charge is 0.444 e. The first-order valence-corrected chi connectivity index (χ1v) is 17.6. The number of hydrogen-bond acceptors (Lipinski definition) is 9. The molecular formula is C35H54N6O6S. The van der Waals surface area contributed by atoms with Crippen molar-refractivity contribution < 1.29 is 29.0 Å². The summed E-state index contributed by atoms with van der Waals surface area (Å²) in [6.07, 6.45) is 0.716. The van der Waals surface area contributed by atoms with E-state index < -0.39 is 41.2 Å². The number of carbonyl (C=O) groups is 4. The summed E-state index contributed by atoms with van der Waals surface area (Å²) in [4.78, 5) is 61.3. The van der Waals surface area contributed by atoms with E-state index >= 15 is 0 Å². The van der Waals surface area contributed by atoms with E-state index in [0.717, 1.165) is 21.7 Å². The summed E-state index contributed by atoms with van der Waals surface area (Å²) in [5, 5.41) is 16.3. The third-order valence-corrected chi connectivity index (χ3v) is 9.05. The standard InChI is InChI=1S/C35H54N6O6S/c1-23-29(48-22-38-23)25-14-12-24(13-15-25)20-37-31(44)27-19-26(42)21-41(27)32(45)30(34(2,3)4)39-28(43)11-8-9-17-40(18-10-16-36)33(46)47-35(5,6)7/h12-15,22,26-27,30,42H,8-11,16-21,36H2,1-7H3,(H,37,44)(H,39,43)/t26-,27+,30-/m1/s1. The zero-order valence-electron chi connectivity index (χ0n) is 29.5. The molecule has 2 aromatic rings. The molecule has 266 valence electrons. The molecule has 0 unspecified atom stereocenters. The smallest absolute Gasteiger partial charge is 0.410 e. The highest BCUT2D eigenvalue weighted by atomic mass is 32.1. The number of hydrogen-bond donors (Lipinski definition) is 4. The molecule has 1 saturated heterocycles. The molecule has 0 aliphatic carbocycles. The summed E-state index contributed by atoms with van der Waals surface area (Å²) < 4.78 is 5.51. The summed E-state index contributed by atoms with van der Waals surface area (Å²) in [5.74, 6) is -1.06. The Morgan fingerprint density at radius 3 is 2.33 bits per heavy atom. The fraction of sp³-hybridized carbons (Fsp3) is 0.629. The molecule has 1 aromatic carbocycles. The van der Waals surface area contributed by atoms with E-state index in [2.05, 4.69) is 15.6 Å². The minimum absolute atomic E-state index is 0.00552. The maximum atomic E-state index is 13.9. The number of thiazole rings is 1. The van der Waals surface area contributed by atoms with E-state index in [1.807, 2.05) is 78.2 Å². The summed E-state index contributed by atoms with van der Waals surface area (Å²) in [7, 11) is 0. The van der Waals surface area contributed by atoms with Crippen LogP contribution in [0.3, 0.4) is 0 Å². The second kappa shape index (κ2) is 17.2. The van der Waals surface area contributed by atoms with E-state index in [9.17, 15) is 24.3 Å². The number of amides is 4. The van der Waals surface area contributed by atoms with Gasteiger partial charge in [0.25, 0.3) is 0 Å². The number of nitrogens with zero attached hydrogens (tertiary/aromatic N) is 3. The molecule has 5 N–H and O–H groups in total. The quantitative estimate of drug-likeness (QED) is 0.217. The Bertz CT molecular complexity index is 1380. The van der Waals surface area contributed by atoms with Crippen LogP contribution in [0.2, 0.25) is 0 Å². The molecule has 1 fully saturated rings. The predicted molar refractivity (Wildman–Crippen MR) is 187 cm³/mol. The van der Waals surface area contributed by atoms with Crippen molar-refractivity contribution in [3.63, 3.8) is 0 Å². The van der Waals surface area contributed by atoms with Gasteiger partial charge in [-0.3, -0.25) is 14.4 Å². The maximum absolute atomic E-state index is 13.9. The molecule has 0 radical (unpaired) electrons. The number of aliphatic hydroxyl groups is 1. The van der Waals surface area contributed by atoms with Crippen molar-refractivity contribution >= 4 is 35.2 Å². The molecule has 1 aliphatic rings. The lowest BCUT2D eigenvalue weighted by molar-refractivity contribution is -0.144. The minimum atomic E-state index is -0.906. The van der Waals surface area contributed by atoms with Gasteiger partial charge >= 0.3 is 6.09 Å². The number of aromatic nitrogens is 1. The van der Waals surface area contributed by atoms with Crippen molar-refractivity contribution in [1.82, 2.24) is 25.4 Å². The molecule has 2 heterocycles. The van der Waals surface area contributed by atoms with E-state index in [0.29, 0.717) is 38.9 Å². The van der Waals surface area contributed by atoms with Gasteiger partial charge in [-0.15, -0.1) is 11.3 Å². The molecule has 0 saturated carbocycles. The molecule has 48 heavy (non-hydrogen) atoms. The lowest BCUT2D eigenvalue weighted by Gasteiger charge is -2.35. The highest BCUT2D eigenvalue weighted by molar-refractivity contribution is 7.13. The summed E-state index contributed by atoms with van der Waals surface area (Å²) in [5.41, 5.74) is 9.11. The molecule has 1 aliphatic heterocycles. The predicted octanol–water partition coefficient (Wildman–Crippen LogP) is 3.98. The van der Waals surface area contributed by atoms with Gasteiger partial charge in [-0.1, -0.05) is 45.0 Å². The first-order valence-electron chi connectivity index (χ1n) is 16.7. The third kappa shape index (κ3) is 11.6. The van der Waals surface area contributed by atoms with E-state index in [1.54, 1.807) is 16.2 Å². The van der Waals surface area contributed by atoms with Crippen molar-refractivity contribution in [3.05, 3.63) is 41.0 Å². The molecular weight excluding hydrogens is 632 g/mol. The van der Waals surface area contributed by atoms with Crippen LogP contribution in [0.25, 0.3) is 10.4 Å². The van der Waals surface area contributed by atoms with Gasteiger partial charge in [0, 0.05) is 39.0 Å². The number of rotatable bonds is 14. The van der Waals surface area contributed by atoms with Gasteiger partial charge in [0.15, 0.2) is 0 Å². The van der Waals surface area contributed by atoms with Crippen molar-refractivity contribution in [2.24, 2.45) is 11.1 Å². The normalized spacial score (nSPS) is 17.1. The van der Waals surface area contributed by atoms with Crippen molar-refractivity contribution in [3.8, 4) is 10.4 Å². The molecule has 0 bridgehead atoms. The van der Waals surface area contributed by atoms with Gasteiger partial charge in [0.05, 0.1) is 22.2 Å². The lowest BCUT2D eigenvalue weighted by Crippen LogP contribution is -2.57. The maximum Gasteiger partial charge on any atom is 0.410 e. The third-order valence-electron chi connectivity index (χ3n) is 8.08. The minimum Gasteiger partial charge on any atom is -0.444 e. The number of β-amino-alcohol motifs (C(OH)–C–C–N with tert-alkyl or cyclic N) is 1. The average molecular weight is 687 g/mol. The van der Waals surface area contributed by atoms with E-state index in [4.69, 9.17) is 10.5 Å². The Hall–Kier alpha value is -3.55. The van der Waals surface area contributed by atoms with Crippen molar-refractivity contribution in [2.75, 3.05) is 26.2 Å². The van der Waals surface area contributed by atoms with Crippen molar-refractivity contribution in [2.45, 2.75) is 111 Å². The molecule has 1 aromatic heterocycles. The number of aryl methyl sites for hydroxylation is 1. The van der Waals surface area contributed by atoms with Gasteiger partial charge in [0.2, 0.25) is 17.7 Å². The van der Waals surface area contributed by atoms with Crippen LogP contribution < -0.4 is 16.4 Å². The molecule has 3 rings (SSSR count). The van der Waals surface area contributed by atoms with Gasteiger partial charge in [-0.05, 0) is 70.0 Å². The van der Waals surface area contributed by atoms with Crippen LogP contribution in [0, 0.1) is 12.3 Å². The Morgan fingerprint density at radius 1 is 1.08 bits per heavy atom. The van der Waals surface area contributed by atoms with Crippen LogP contribution in [0.4, 0.5) is 4.79 Å². The monoisotopic (exact) mass is 686 g/mol. The van der Waals surface area contributed by atoms with Crippen LogP contribution in [0.1, 0.15) is 84.9 Å². The number of nitrogens with one attached hydrogen (secondary N) is 2. The van der Waals surface area contributed by atoms with E-state index in [1.165, 1.54) is 4.90 Å². The van der Waals surface area contributed by atoms with Crippen LogP contribution in [-0.4, -0.2) is 93.7 Å². The van der Waals surface area contributed by atoms with Gasteiger partial charge < -0.3 is 36.0 Å². The SMILES string of the molecule is Cc1ncsc1-c1ccc(CNC(=O)[C@@H]2C[C@@H](O)CN2C(=O)[C@@H](NC(=O)CCCCN(CCCN)C(=O)OC(C)(C)C)C(C)(C)C)cc1. The number of ether oxygens (including phenoxy) is 1. The summed E-state index contributed by atoms with van der Waals surface area (Å²) in [6, 6.07) is 6.11. The van der Waals surface area contributed by atoms with Crippen molar-refractivity contribution in [1.29, 1.82) is 0 Å². The number of nitrogens with two attached hydrogens (primary N) is 1. The topological polar surface area (TPSA) is 167 Å². The van der Waals surface area contributed by atoms with Crippen LogP contribution in [-0.2, 0) is 25.7 Å². The fourth-order valence-corrected chi connectivity index (χ4v) is 6.32. The van der Waals surface area contributed by atoms with E-state index in [-0.39, 0.29) is 37.7 Å². The Labute approximate surface area is 288 Å². The van der Waals surface area contributed by atoms with Gasteiger partial charge in [-0.2, -0.15) is 0 Å². The van der Waals surface area contributed by atoms with Crippen LogP contribution >= 0.6 is 11.3 Å². The zero-order chi connectivity index (χ0) is 35.6. The first kappa shape index (κ1) is 38.9. The second-order valence-electron chi connectivity index (χ2n) is 14.5. The molecule has 13 heteroatoms. The molecule has 3 atom stereocenters. The van der Waals surface area contributed by atoms with Crippen LogP contribution in [0.15, 0.2) is 29.8 Å². The number of benzene rings is 1. The average Bonchev–Trinajstić information content (AvgIpc) is 3.62. The number of aliphatic hydroxyl groups excluding tert-OH is 1. The number of carbonyl (C=O) groups excluding carboxylic acids is 4. The van der Waals surface area contributed by atoms with Gasteiger partial charge in [-0.25, -0.2) is 9.78 Å². The summed E-state index contributed by atoms with van der Waals surface area (Å²) in [6.45, 7) is 14.6. The molecule has 4 amide bonds. The lowest BCUT2D eigenvalue weighted by atomic mass is 9.85. The zero-order valence-corrected chi connectivity index (χ0v) is 30.3. The highest BCUT2D eigenvalue weighted by Gasteiger charge is 2.44. The molecule has 12 nitrogen and oxygen atoms in total. The first-order chi connectivity index (χ1) is 22.5. The summed E-state index contributed by atoms with van der Waals surface area (Å²) >= 11 is 1.58. The molecule has 0 spiro atoms. The van der Waals surface area contributed by atoms with Gasteiger partial charge in [0.1, 0.15) is 17.7 Å². The highest BCUT2D eigenvalue weighted by Crippen LogP contribution is 2.28. The Morgan fingerprint density at radius 2 is 1.75 bits per heavy atom. The Kier molecular flexibility index (Phi) is 13.9. The van der Waals surface area contributed by atoms with Crippen LogP contribution in [0.5, 0.6) is 0 Å².